The molecule has 1 aromatic carbocycles. The molecular weight excluding hydrogens is 350 g/mol. The second-order valence-corrected chi connectivity index (χ2v) is 8.28. The van der Waals surface area contributed by atoms with E-state index in [-0.39, 0.29) is 11.8 Å². The van der Waals surface area contributed by atoms with Gasteiger partial charge in [0.2, 0.25) is 0 Å². The number of piperazine rings is 1. The monoisotopic (exact) mass is 379 g/mol. The standard InChI is InChI=1S/C22H29N5O/c1-15(2)21-19(13-20-23-14-24-27(20)22(21)28)17-5-7-18(8-6-17)26-11-9-25(10-12-26)16(3)4/h5-8,14-16H,9-13H2,1-4H3. The van der Waals surface area contributed by atoms with Crippen molar-refractivity contribution in [3.63, 3.8) is 0 Å². The first kappa shape index (κ1) is 18.9. The summed E-state index contributed by atoms with van der Waals surface area (Å²) in [6, 6.07) is 9.30. The molecule has 2 aliphatic heterocycles. The van der Waals surface area contributed by atoms with Gasteiger partial charge in [0.1, 0.15) is 12.2 Å². The highest BCUT2D eigenvalue weighted by Crippen LogP contribution is 2.32. The summed E-state index contributed by atoms with van der Waals surface area (Å²) >= 11 is 0. The van der Waals surface area contributed by atoms with Crippen molar-refractivity contribution in [1.29, 1.82) is 0 Å². The Morgan fingerprint density at radius 3 is 2.25 bits per heavy atom. The lowest BCUT2D eigenvalue weighted by Crippen LogP contribution is -2.48. The number of anilines is 1. The molecule has 1 aromatic heterocycles. The number of fused-ring (bicyclic) bond motifs is 1. The van der Waals surface area contributed by atoms with Crippen LogP contribution in [-0.4, -0.2) is 57.8 Å². The molecule has 0 aliphatic carbocycles. The topological polar surface area (TPSA) is 54.3 Å². The number of aromatic nitrogens is 3. The molecule has 6 heteroatoms. The summed E-state index contributed by atoms with van der Waals surface area (Å²) in [5.41, 5.74) is 4.29. The van der Waals surface area contributed by atoms with E-state index in [0.717, 1.165) is 48.7 Å². The van der Waals surface area contributed by atoms with Crippen molar-refractivity contribution in [2.45, 2.75) is 40.2 Å². The molecule has 1 fully saturated rings. The minimum Gasteiger partial charge on any atom is -0.369 e. The van der Waals surface area contributed by atoms with Gasteiger partial charge in [-0.05, 0) is 43.0 Å². The maximum Gasteiger partial charge on any atom is 0.276 e. The predicted molar refractivity (Wildman–Crippen MR) is 111 cm³/mol. The van der Waals surface area contributed by atoms with Crippen LogP contribution in [0.1, 0.15) is 43.9 Å². The highest BCUT2D eigenvalue weighted by molar-refractivity contribution is 6.04. The maximum absolute atomic E-state index is 12.9. The molecule has 2 aromatic rings. The first-order valence-corrected chi connectivity index (χ1v) is 10.2. The molecule has 0 radical (unpaired) electrons. The normalized spacial score (nSPS) is 18.4. The van der Waals surface area contributed by atoms with Gasteiger partial charge in [0.15, 0.2) is 0 Å². The van der Waals surface area contributed by atoms with Gasteiger partial charge in [0.05, 0.1) is 0 Å². The molecule has 2 aliphatic rings. The average molecular weight is 380 g/mol. The maximum atomic E-state index is 12.9. The molecule has 0 unspecified atom stereocenters. The van der Waals surface area contributed by atoms with Crippen molar-refractivity contribution in [1.82, 2.24) is 19.7 Å². The summed E-state index contributed by atoms with van der Waals surface area (Å²) in [5.74, 6) is 0.819. The number of rotatable bonds is 4. The zero-order chi connectivity index (χ0) is 19.8. The van der Waals surface area contributed by atoms with Crippen LogP contribution in [0.5, 0.6) is 0 Å². The van der Waals surface area contributed by atoms with Gasteiger partial charge in [-0.2, -0.15) is 9.78 Å². The lowest BCUT2D eigenvalue weighted by molar-refractivity contribution is 0.0923. The molecule has 1 saturated heterocycles. The number of allylic oxidation sites excluding steroid dienone is 2. The van der Waals surface area contributed by atoms with Crippen molar-refractivity contribution >= 4 is 17.2 Å². The van der Waals surface area contributed by atoms with Crippen LogP contribution in [0.3, 0.4) is 0 Å². The predicted octanol–water partition coefficient (Wildman–Crippen LogP) is 3.11. The summed E-state index contributed by atoms with van der Waals surface area (Å²) in [4.78, 5) is 22.1. The fourth-order valence-electron chi connectivity index (χ4n) is 4.28. The Morgan fingerprint density at radius 2 is 1.64 bits per heavy atom. The molecule has 148 valence electrons. The Labute approximate surface area is 166 Å². The number of hydrogen-bond acceptors (Lipinski definition) is 5. The average Bonchev–Trinajstić information content (AvgIpc) is 3.17. The molecule has 0 bridgehead atoms. The molecule has 6 nitrogen and oxygen atoms in total. The van der Waals surface area contributed by atoms with Crippen LogP contribution < -0.4 is 4.90 Å². The van der Waals surface area contributed by atoms with E-state index in [1.165, 1.54) is 16.7 Å². The Morgan fingerprint density at radius 1 is 0.964 bits per heavy atom. The smallest absolute Gasteiger partial charge is 0.276 e. The third kappa shape index (κ3) is 3.37. The van der Waals surface area contributed by atoms with Gasteiger partial charge in [-0.1, -0.05) is 26.0 Å². The molecule has 0 N–H and O–H groups in total. The molecule has 0 saturated carbocycles. The van der Waals surface area contributed by atoms with Gasteiger partial charge in [0, 0.05) is 49.9 Å². The van der Waals surface area contributed by atoms with E-state index < -0.39 is 0 Å². The highest BCUT2D eigenvalue weighted by Gasteiger charge is 2.29. The summed E-state index contributed by atoms with van der Waals surface area (Å²) in [6.07, 6.45) is 2.11. The highest BCUT2D eigenvalue weighted by atomic mass is 16.2. The molecule has 0 amide bonds. The number of benzene rings is 1. The van der Waals surface area contributed by atoms with Crippen molar-refractivity contribution in [3.8, 4) is 0 Å². The van der Waals surface area contributed by atoms with Crippen molar-refractivity contribution in [2.75, 3.05) is 31.1 Å². The quantitative estimate of drug-likeness (QED) is 0.817. The van der Waals surface area contributed by atoms with Crippen LogP contribution >= 0.6 is 0 Å². The van der Waals surface area contributed by atoms with Crippen LogP contribution in [-0.2, 0) is 6.42 Å². The van der Waals surface area contributed by atoms with Crippen molar-refractivity contribution < 1.29 is 4.79 Å². The molecule has 28 heavy (non-hydrogen) atoms. The lowest BCUT2D eigenvalue weighted by atomic mass is 9.87. The van der Waals surface area contributed by atoms with E-state index in [0.29, 0.717) is 12.5 Å². The largest absolute Gasteiger partial charge is 0.369 e. The van der Waals surface area contributed by atoms with Gasteiger partial charge in [0.25, 0.3) is 5.91 Å². The van der Waals surface area contributed by atoms with Crippen molar-refractivity contribution in [3.05, 3.63) is 47.6 Å². The molecule has 0 spiro atoms. The Bertz CT molecular complexity index is 886. The molecular formula is C22H29N5O. The van der Waals surface area contributed by atoms with Crippen LogP contribution in [0, 0.1) is 5.92 Å². The van der Waals surface area contributed by atoms with E-state index in [4.69, 9.17) is 0 Å². The first-order chi connectivity index (χ1) is 13.5. The summed E-state index contributed by atoms with van der Waals surface area (Å²) in [6.45, 7) is 13.0. The van der Waals surface area contributed by atoms with Gasteiger partial charge >= 0.3 is 0 Å². The van der Waals surface area contributed by atoms with Gasteiger partial charge in [-0.15, -0.1) is 0 Å². The van der Waals surface area contributed by atoms with Crippen molar-refractivity contribution in [2.24, 2.45) is 5.92 Å². The summed E-state index contributed by atoms with van der Waals surface area (Å²) < 4.78 is 1.45. The minimum atomic E-state index is -0.0439. The third-order valence-electron chi connectivity index (χ3n) is 5.90. The van der Waals surface area contributed by atoms with Gasteiger partial charge < -0.3 is 4.90 Å². The Kier molecular flexibility index (Phi) is 5.06. The number of nitrogens with zero attached hydrogens (tertiary/aromatic N) is 5. The molecule has 4 rings (SSSR count). The summed E-state index contributed by atoms with van der Waals surface area (Å²) in [5, 5.41) is 4.10. The lowest BCUT2D eigenvalue weighted by Gasteiger charge is -2.38. The van der Waals surface area contributed by atoms with E-state index in [1.807, 2.05) is 0 Å². The fourth-order valence-corrected chi connectivity index (χ4v) is 4.28. The molecule has 3 heterocycles. The Hall–Kier alpha value is -2.47. The minimum absolute atomic E-state index is 0.0439. The number of carbonyl (C=O) groups excluding carboxylic acids is 1. The van der Waals surface area contributed by atoms with E-state index in [1.54, 1.807) is 0 Å². The van der Waals surface area contributed by atoms with Crippen LogP contribution in [0.2, 0.25) is 0 Å². The van der Waals surface area contributed by atoms with Gasteiger partial charge in [-0.25, -0.2) is 4.98 Å². The van der Waals surface area contributed by atoms with Crippen LogP contribution in [0.4, 0.5) is 5.69 Å². The van der Waals surface area contributed by atoms with Gasteiger partial charge in [-0.3, -0.25) is 9.69 Å². The Balaban J connectivity index is 1.58. The zero-order valence-electron chi connectivity index (χ0n) is 17.2. The van der Waals surface area contributed by atoms with E-state index >= 15 is 0 Å². The second-order valence-electron chi connectivity index (χ2n) is 8.28. The SMILES string of the molecule is CC(C)C1=C(c2ccc(N3CCN(C(C)C)CC3)cc2)Cc2ncnn2C1=O. The van der Waals surface area contributed by atoms with E-state index in [9.17, 15) is 4.79 Å². The summed E-state index contributed by atoms with van der Waals surface area (Å²) in [7, 11) is 0. The van der Waals surface area contributed by atoms with Crippen LogP contribution in [0.25, 0.3) is 5.57 Å². The van der Waals surface area contributed by atoms with E-state index in [2.05, 4.69) is 71.8 Å². The molecule has 0 atom stereocenters. The van der Waals surface area contributed by atoms with Crippen LogP contribution in [0.15, 0.2) is 36.2 Å². The third-order valence-corrected chi connectivity index (χ3v) is 5.90. The first-order valence-electron chi connectivity index (χ1n) is 10.2. The fraction of sp³-hybridized carbons (Fsp3) is 0.500. The zero-order valence-corrected chi connectivity index (χ0v) is 17.2. The number of carbonyl (C=O) groups is 1. The second kappa shape index (κ2) is 7.51. The number of hydrogen-bond donors (Lipinski definition) is 0.